The molecule has 12 heteroatoms. The van der Waals surface area contributed by atoms with Crippen LogP contribution < -0.4 is 113 Å². The van der Waals surface area contributed by atoms with Gasteiger partial charge in [0.2, 0.25) is 0 Å². The van der Waals surface area contributed by atoms with E-state index in [9.17, 15) is 29.7 Å². The van der Waals surface area contributed by atoms with Crippen molar-refractivity contribution >= 4 is 7.82 Å². The third-order valence-corrected chi connectivity index (χ3v) is 2.55. The predicted octanol–water partition coefficient (Wildman–Crippen LogP) is -10.4. The first kappa shape index (κ1) is 23.4. The Bertz CT molecular complexity index is 284. The summed E-state index contributed by atoms with van der Waals surface area (Å²) < 4.78 is 18.7. The zero-order valence-electron chi connectivity index (χ0n) is 9.87. The van der Waals surface area contributed by atoms with E-state index in [1.165, 1.54) is 0 Å². The standard InChI is InChI=1S/C6H13O9P.2K/c7-1-2-3(8)4(9)5(10)6(14-2)15-16(11,12)13;;/h2-10H,1H2,(H2,11,12,13);;/q;2*+1/p-2/t2-,3+,4+,5-,6-;;/m1../s1/i5+1;;. The van der Waals surface area contributed by atoms with Crippen LogP contribution in [-0.4, -0.2) is 57.7 Å². The second-order valence-corrected chi connectivity index (χ2v) is 4.36. The number of aliphatic hydroxyl groups is 4. The van der Waals surface area contributed by atoms with E-state index in [0.29, 0.717) is 0 Å². The summed E-state index contributed by atoms with van der Waals surface area (Å²) in [6.45, 7) is -0.743. The van der Waals surface area contributed by atoms with E-state index in [1.807, 2.05) is 0 Å². The van der Waals surface area contributed by atoms with Gasteiger partial charge in [0.05, 0.1) is 14.4 Å². The molecule has 0 unspecified atom stereocenters. The molecule has 0 aliphatic carbocycles. The smallest absolute Gasteiger partial charge is 0.790 e. The van der Waals surface area contributed by atoms with Crippen LogP contribution >= 0.6 is 7.82 Å². The van der Waals surface area contributed by atoms with Crippen molar-refractivity contribution in [3.8, 4) is 0 Å². The largest absolute Gasteiger partial charge is 1.00 e. The minimum atomic E-state index is -5.41. The molecule has 96 valence electrons. The molecule has 9 nitrogen and oxygen atoms in total. The second kappa shape index (κ2) is 10.1. The Morgan fingerprint density at radius 3 is 2.00 bits per heavy atom. The van der Waals surface area contributed by atoms with Crippen molar-refractivity contribution in [2.45, 2.75) is 30.7 Å². The SMILES string of the molecule is O=P([O-])([O-])O[C@H]1O[C@H](CO)[C@H](O)[C@H](O)[13C@H]1O.[K+].[K+]. The maximum Gasteiger partial charge on any atom is 1.00 e. The van der Waals surface area contributed by atoms with Gasteiger partial charge in [0.1, 0.15) is 24.4 Å². The van der Waals surface area contributed by atoms with Crippen LogP contribution in [0.2, 0.25) is 0 Å². The molecule has 0 aromatic heterocycles. The van der Waals surface area contributed by atoms with Gasteiger partial charge in [-0.2, -0.15) is 0 Å². The van der Waals surface area contributed by atoms with Crippen molar-refractivity contribution in [3.05, 3.63) is 0 Å². The molecule has 1 rings (SSSR count). The van der Waals surface area contributed by atoms with E-state index in [0.717, 1.165) is 0 Å². The monoisotopic (exact) mass is 337 g/mol. The van der Waals surface area contributed by atoms with Gasteiger partial charge < -0.3 is 44.0 Å². The van der Waals surface area contributed by atoms with Crippen LogP contribution in [0.1, 0.15) is 0 Å². The van der Waals surface area contributed by atoms with Crippen LogP contribution in [-0.2, 0) is 13.8 Å². The normalized spacial score (nSPS) is 36.4. The summed E-state index contributed by atoms with van der Waals surface area (Å²) in [6, 6.07) is 0. The quantitative estimate of drug-likeness (QED) is 0.222. The summed E-state index contributed by atoms with van der Waals surface area (Å²) in [5.41, 5.74) is 0. The summed E-state index contributed by atoms with van der Waals surface area (Å²) in [7, 11) is -5.41. The molecule has 0 amide bonds. The average Bonchev–Trinajstić information content (AvgIpc) is 2.17. The number of hydrogen-bond acceptors (Lipinski definition) is 9. The fourth-order valence-electron chi connectivity index (χ4n) is 1.28. The predicted molar refractivity (Wildman–Crippen MR) is 42.5 cm³/mol. The van der Waals surface area contributed by atoms with Crippen molar-refractivity contribution in [2.24, 2.45) is 0 Å². The molecule has 18 heavy (non-hydrogen) atoms. The van der Waals surface area contributed by atoms with Crippen LogP contribution in [0.5, 0.6) is 0 Å². The Morgan fingerprint density at radius 1 is 1.11 bits per heavy atom. The topological polar surface area (TPSA) is 163 Å². The van der Waals surface area contributed by atoms with Gasteiger partial charge in [0.25, 0.3) is 0 Å². The Balaban J connectivity index is 0. The molecule has 1 saturated heterocycles. The Morgan fingerprint density at radius 2 is 1.61 bits per heavy atom. The number of ether oxygens (including phenoxy) is 1. The molecule has 5 atom stereocenters. The van der Waals surface area contributed by atoms with Gasteiger partial charge in [0.15, 0.2) is 6.29 Å². The fourth-order valence-corrected chi connectivity index (χ4v) is 1.71. The molecule has 0 aromatic rings. The summed E-state index contributed by atoms with van der Waals surface area (Å²) in [6.07, 6.45) is -8.61. The number of phosphoric ester groups is 1. The van der Waals surface area contributed by atoms with Gasteiger partial charge in [-0.3, -0.25) is 0 Å². The van der Waals surface area contributed by atoms with Crippen molar-refractivity contribution in [2.75, 3.05) is 6.61 Å². The van der Waals surface area contributed by atoms with Gasteiger partial charge in [-0.15, -0.1) is 0 Å². The number of aliphatic hydroxyl groups excluding tert-OH is 4. The molecule has 0 saturated carbocycles. The Kier molecular flexibility index (Phi) is 13.1. The van der Waals surface area contributed by atoms with E-state index < -0.39 is 45.1 Å². The summed E-state index contributed by atoms with van der Waals surface area (Å²) in [5, 5.41) is 36.5. The molecule has 1 aliphatic rings. The van der Waals surface area contributed by atoms with Crippen LogP contribution in [0.25, 0.3) is 0 Å². The third kappa shape index (κ3) is 6.96. The second-order valence-electron chi connectivity index (χ2n) is 3.25. The van der Waals surface area contributed by atoms with Crippen LogP contribution in [0, 0.1) is 0 Å². The fraction of sp³-hybridized carbons (Fsp3) is 1.00. The molecular weight excluding hydrogens is 326 g/mol. The summed E-state index contributed by atoms with van der Waals surface area (Å²) >= 11 is 0. The van der Waals surface area contributed by atoms with E-state index in [4.69, 9.17) is 5.11 Å². The first-order chi connectivity index (χ1) is 7.26. The number of phosphoric acid groups is 1. The minimum absolute atomic E-state index is 0. The van der Waals surface area contributed by atoms with E-state index >= 15 is 0 Å². The number of rotatable bonds is 3. The van der Waals surface area contributed by atoms with E-state index in [1.54, 1.807) is 0 Å². The van der Waals surface area contributed by atoms with Crippen molar-refractivity contribution in [1.82, 2.24) is 0 Å². The molecule has 1 aliphatic heterocycles. The van der Waals surface area contributed by atoms with E-state index in [2.05, 4.69) is 9.26 Å². The first-order valence-electron chi connectivity index (χ1n) is 4.27. The number of hydrogen-bond donors (Lipinski definition) is 4. The maximum absolute atomic E-state index is 10.3. The minimum Gasteiger partial charge on any atom is -0.790 e. The summed E-state index contributed by atoms with van der Waals surface area (Å²) in [4.78, 5) is 20.6. The van der Waals surface area contributed by atoms with Crippen LogP contribution in [0.3, 0.4) is 0 Å². The van der Waals surface area contributed by atoms with Gasteiger partial charge in [-0.05, 0) is 0 Å². The molecule has 0 bridgehead atoms. The van der Waals surface area contributed by atoms with Crippen molar-refractivity contribution < 1.29 is 147 Å². The average molecular weight is 337 g/mol. The maximum atomic E-state index is 10.3. The Labute approximate surface area is 188 Å². The van der Waals surface area contributed by atoms with Crippen molar-refractivity contribution in [3.63, 3.8) is 0 Å². The first-order valence-corrected chi connectivity index (χ1v) is 5.73. The molecule has 4 N–H and O–H groups in total. The zero-order valence-corrected chi connectivity index (χ0v) is 17.0. The third-order valence-electron chi connectivity index (χ3n) is 2.08. The Hall–Kier alpha value is 3.18. The van der Waals surface area contributed by atoms with Crippen molar-refractivity contribution in [1.29, 1.82) is 0 Å². The van der Waals surface area contributed by atoms with E-state index in [-0.39, 0.29) is 103 Å². The van der Waals surface area contributed by atoms with Gasteiger partial charge in [0, 0.05) is 0 Å². The molecule has 0 radical (unpaired) electrons. The molecule has 1 heterocycles. The molecular formula is C6H11K2O9P. The zero-order chi connectivity index (χ0) is 12.5. The van der Waals surface area contributed by atoms with Crippen LogP contribution in [0.15, 0.2) is 0 Å². The van der Waals surface area contributed by atoms with Crippen LogP contribution in [0.4, 0.5) is 0 Å². The molecule has 0 spiro atoms. The molecule has 1 fully saturated rings. The van der Waals surface area contributed by atoms with Gasteiger partial charge in [-0.25, -0.2) is 0 Å². The summed E-state index contributed by atoms with van der Waals surface area (Å²) in [5.74, 6) is 0. The van der Waals surface area contributed by atoms with Gasteiger partial charge in [-0.1, -0.05) is 0 Å². The van der Waals surface area contributed by atoms with Gasteiger partial charge >= 0.3 is 103 Å². The molecule has 0 aromatic carbocycles.